The van der Waals surface area contributed by atoms with Crippen molar-refractivity contribution >= 4 is 11.4 Å². The van der Waals surface area contributed by atoms with Gasteiger partial charge in [0.25, 0.3) is 5.69 Å². The second kappa shape index (κ2) is 6.01. The summed E-state index contributed by atoms with van der Waals surface area (Å²) < 4.78 is 0. The molecule has 1 aromatic carbocycles. The lowest BCUT2D eigenvalue weighted by atomic mass is 9.88. The summed E-state index contributed by atoms with van der Waals surface area (Å²) in [7, 11) is 0. The molecule has 1 rings (SSSR count). The smallest absolute Gasteiger partial charge is 0.271 e. The number of hydrogen-bond donors (Lipinski definition) is 1. The Hall–Kier alpha value is -2.09. The lowest BCUT2D eigenvalue weighted by molar-refractivity contribution is -0.384. The zero-order valence-corrected chi connectivity index (χ0v) is 10.6. The highest BCUT2D eigenvalue weighted by Gasteiger charge is 2.17. The molecule has 1 N–H and O–H groups in total. The van der Waals surface area contributed by atoms with Crippen LogP contribution in [0, 0.1) is 26.9 Å². The summed E-state index contributed by atoms with van der Waals surface area (Å²) in [5.74, 6) is 0. The number of non-ortho nitro benzene ring substituents is 1. The fraction of sp³-hybridized carbons (Fsp3) is 0.462. The van der Waals surface area contributed by atoms with Crippen molar-refractivity contribution in [2.45, 2.75) is 26.7 Å². The first-order valence-corrected chi connectivity index (χ1v) is 5.80. The highest BCUT2D eigenvalue weighted by molar-refractivity contribution is 5.51. The van der Waals surface area contributed by atoms with Crippen molar-refractivity contribution < 1.29 is 4.92 Å². The van der Waals surface area contributed by atoms with Crippen molar-refractivity contribution in [1.82, 2.24) is 0 Å². The van der Waals surface area contributed by atoms with Gasteiger partial charge < -0.3 is 5.32 Å². The second-order valence-corrected chi connectivity index (χ2v) is 4.98. The molecule has 0 spiro atoms. The van der Waals surface area contributed by atoms with Crippen molar-refractivity contribution in [1.29, 1.82) is 5.26 Å². The van der Waals surface area contributed by atoms with E-state index in [4.69, 9.17) is 5.26 Å². The molecule has 0 unspecified atom stereocenters. The Bertz CT molecular complexity index is 464. The summed E-state index contributed by atoms with van der Waals surface area (Å²) in [6, 6.07) is 8.56. The van der Waals surface area contributed by atoms with E-state index in [1.54, 1.807) is 12.1 Å². The van der Waals surface area contributed by atoms with Crippen LogP contribution >= 0.6 is 0 Å². The normalized spacial score (nSPS) is 10.7. The van der Waals surface area contributed by atoms with Crippen molar-refractivity contribution in [2.75, 3.05) is 11.9 Å². The maximum atomic E-state index is 10.6. The molecule has 0 fully saturated rings. The molecule has 0 radical (unpaired) electrons. The van der Waals surface area contributed by atoms with E-state index in [9.17, 15) is 10.1 Å². The summed E-state index contributed by atoms with van der Waals surface area (Å²) in [5.41, 5.74) is 0.796. The predicted molar refractivity (Wildman–Crippen MR) is 70.2 cm³/mol. The molecule has 0 aliphatic carbocycles. The van der Waals surface area contributed by atoms with E-state index in [1.165, 1.54) is 12.1 Å². The molecule has 0 aliphatic rings. The van der Waals surface area contributed by atoms with Gasteiger partial charge in [-0.3, -0.25) is 10.1 Å². The first kappa shape index (κ1) is 14.0. The molecule has 1 aromatic rings. The standard InChI is InChI=1S/C13H17N3O2/c1-13(2,7-4-8-14)10-15-11-5-3-6-12(9-11)16(17)18/h3,5-6,9,15H,4,7,10H2,1-2H3. The second-order valence-electron chi connectivity index (χ2n) is 4.98. The number of nitriles is 1. The maximum absolute atomic E-state index is 10.6. The van der Waals surface area contributed by atoms with Gasteiger partial charge in [0.05, 0.1) is 11.0 Å². The minimum Gasteiger partial charge on any atom is -0.384 e. The predicted octanol–water partition coefficient (Wildman–Crippen LogP) is 3.34. The third kappa shape index (κ3) is 4.42. The van der Waals surface area contributed by atoms with Gasteiger partial charge in [-0.25, -0.2) is 0 Å². The van der Waals surface area contributed by atoms with Gasteiger partial charge >= 0.3 is 0 Å². The Labute approximate surface area is 107 Å². The van der Waals surface area contributed by atoms with Crippen molar-refractivity contribution in [2.24, 2.45) is 5.41 Å². The molecule has 0 heterocycles. The molecule has 5 nitrogen and oxygen atoms in total. The first-order chi connectivity index (χ1) is 8.44. The molecule has 5 heteroatoms. The van der Waals surface area contributed by atoms with Crippen LogP contribution in [0.1, 0.15) is 26.7 Å². The molecular formula is C13H17N3O2. The Balaban J connectivity index is 2.61. The van der Waals surface area contributed by atoms with Crippen LogP contribution in [0.15, 0.2) is 24.3 Å². The Morgan fingerprint density at radius 2 is 2.22 bits per heavy atom. The summed E-state index contributed by atoms with van der Waals surface area (Å²) in [6.45, 7) is 4.80. The highest BCUT2D eigenvalue weighted by atomic mass is 16.6. The number of nitrogens with one attached hydrogen (secondary N) is 1. The maximum Gasteiger partial charge on any atom is 0.271 e. The third-order valence-electron chi connectivity index (χ3n) is 2.74. The average Bonchev–Trinajstić information content (AvgIpc) is 2.34. The quantitative estimate of drug-likeness (QED) is 0.617. The van der Waals surface area contributed by atoms with Crippen LogP contribution in [-0.2, 0) is 0 Å². The lowest BCUT2D eigenvalue weighted by Gasteiger charge is -2.24. The van der Waals surface area contributed by atoms with Gasteiger partial charge in [0.2, 0.25) is 0 Å². The molecule has 0 atom stereocenters. The number of hydrogen-bond acceptors (Lipinski definition) is 4. The number of nitro groups is 1. The minimum absolute atomic E-state index is 0.0135. The molecule has 0 aromatic heterocycles. The Kier molecular flexibility index (Phi) is 4.67. The van der Waals surface area contributed by atoms with Crippen molar-refractivity contribution in [3.63, 3.8) is 0 Å². The van der Waals surface area contributed by atoms with Crippen LogP contribution in [0.3, 0.4) is 0 Å². The number of benzene rings is 1. The van der Waals surface area contributed by atoms with Crippen LogP contribution in [0.4, 0.5) is 11.4 Å². The number of rotatable bonds is 6. The van der Waals surface area contributed by atoms with Crippen molar-refractivity contribution in [3.05, 3.63) is 34.4 Å². The van der Waals surface area contributed by atoms with E-state index >= 15 is 0 Å². The third-order valence-corrected chi connectivity index (χ3v) is 2.74. The minimum atomic E-state index is -0.411. The van der Waals surface area contributed by atoms with E-state index in [2.05, 4.69) is 25.2 Å². The van der Waals surface area contributed by atoms with Gasteiger partial charge in [-0.1, -0.05) is 19.9 Å². The topological polar surface area (TPSA) is 79.0 Å². The van der Waals surface area contributed by atoms with Gasteiger partial charge in [0.1, 0.15) is 0 Å². The van der Waals surface area contributed by atoms with E-state index < -0.39 is 4.92 Å². The fourth-order valence-corrected chi connectivity index (χ4v) is 1.55. The first-order valence-electron chi connectivity index (χ1n) is 5.80. The van der Waals surface area contributed by atoms with Gasteiger partial charge in [0.15, 0.2) is 0 Å². The van der Waals surface area contributed by atoms with E-state index in [1.807, 2.05) is 0 Å². The number of nitro benzene ring substituents is 1. The van der Waals surface area contributed by atoms with Crippen LogP contribution in [0.5, 0.6) is 0 Å². The fourth-order valence-electron chi connectivity index (χ4n) is 1.55. The number of nitrogens with zero attached hydrogens (tertiary/aromatic N) is 2. The molecule has 0 saturated heterocycles. The summed E-state index contributed by atoms with van der Waals surface area (Å²) in [6.07, 6.45) is 1.31. The van der Waals surface area contributed by atoms with Gasteiger partial charge in [0, 0.05) is 30.8 Å². The Morgan fingerprint density at radius 3 is 2.83 bits per heavy atom. The van der Waals surface area contributed by atoms with Gasteiger partial charge in [-0.2, -0.15) is 5.26 Å². The molecule has 0 amide bonds. The van der Waals surface area contributed by atoms with E-state index in [0.717, 1.165) is 12.1 Å². The van der Waals surface area contributed by atoms with Crippen LogP contribution in [0.25, 0.3) is 0 Å². The van der Waals surface area contributed by atoms with Gasteiger partial charge in [-0.15, -0.1) is 0 Å². The Morgan fingerprint density at radius 1 is 1.50 bits per heavy atom. The molecular weight excluding hydrogens is 230 g/mol. The summed E-state index contributed by atoms with van der Waals surface area (Å²) in [5, 5.41) is 22.4. The summed E-state index contributed by atoms with van der Waals surface area (Å²) >= 11 is 0. The molecule has 96 valence electrons. The van der Waals surface area contributed by atoms with Crippen LogP contribution in [0.2, 0.25) is 0 Å². The van der Waals surface area contributed by atoms with E-state index in [-0.39, 0.29) is 11.1 Å². The lowest BCUT2D eigenvalue weighted by Crippen LogP contribution is -2.22. The largest absolute Gasteiger partial charge is 0.384 e. The van der Waals surface area contributed by atoms with Gasteiger partial charge in [-0.05, 0) is 17.9 Å². The molecule has 18 heavy (non-hydrogen) atoms. The molecule has 0 bridgehead atoms. The zero-order chi connectivity index (χ0) is 13.6. The molecule has 0 saturated carbocycles. The van der Waals surface area contributed by atoms with E-state index in [0.29, 0.717) is 13.0 Å². The van der Waals surface area contributed by atoms with Crippen LogP contribution < -0.4 is 5.32 Å². The monoisotopic (exact) mass is 247 g/mol. The average molecular weight is 247 g/mol. The molecule has 0 aliphatic heterocycles. The summed E-state index contributed by atoms with van der Waals surface area (Å²) in [4.78, 5) is 10.2. The SMILES string of the molecule is CC(C)(CCC#N)CNc1cccc([N+](=O)[O-])c1. The highest BCUT2D eigenvalue weighted by Crippen LogP contribution is 2.24. The zero-order valence-electron chi connectivity index (χ0n) is 10.6. The van der Waals surface area contributed by atoms with Crippen LogP contribution in [-0.4, -0.2) is 11.5 Å². The number of anilines is 1. The van der Waals surface area contributed by atoms with Crippen molar-refractivity contribution in [3.8, 4) is 6.07 Å².